The molecule has 1 saturated heterocycles. The molecule has 1 aliphatic rings. The van der Waals surface area contributed by atoms with Gasteiger partial charge in [-0.25, -0.2) is 0 Å². The van der Waals surface area contributed by atoms with Crippen molar-refractivity contribution < 1.29 is 0 Å². The largest absolute Gasteiger partial charge is 0.328 e. The van der Waals surface area contributed by atoms with Crippen molar-refractivity contribution in [3.05, 3.63) is 0 Å². The fraction of sp³-hybridized carbons (Fsp3) is 1.00. The zero-order valence-electron chi connectivity index (χ0n) is 7.96. The van der Waals surface area contributed by atoms with Crippen LogP contribution in [0.25, 0.3) is 0 Å². The third-order valence-electron chi connectivity index (χ3n) is 2.35. The molecule has 0 bridgehead atoms. The normalized spacial score (nSPS) is 25.0. The SMILES string of the molecule is CCCCCN1CCSC1CN. The molecule has 2 N–H and O–H groups in total. The van der Waals surface area contributed by atoms with Crippen LogP contribution in [0.2, 0.25) is 0 Å². The van der Waals surface area contributed by atoms with Gasteiger partial charge in [0.05, 0.1) is 5.37 Å². The topological polar surface area (TPSA) is 29.3 Å². The molecule has 1 fully saturated rings. The van der Waals surface area contributed by atoms with Crippen LogP contribution in [0.4, 0.5) is 0 Å². The summed E-state index contributed by atoms with van der Waals surface area (Å²) in [5.74, 6) is 1.27. The van der Waals surface area contributed by atoms with Gasteiger partial charge in [-0.1, -0.05) is 19.8 Å². The maximum atomic E-state index is 5.67. The van der Waals surface area contributed by atoms with Crippen molar-refractivity contribution in [3.63, 3.8) is 0 Å². The maximum absolute atomic E-state index is 5.67. The summed E-state index contributed by atoms with van der Waals surface area (Å²) in [7, 11) is 0. The van der Waals surface area contributed by atoms with Gasteiger partial charge in [0.2, 0.25) is 0 Å². The van der Waals surface area contributed by atoms with E-state index in [0.717, 1.165) is 6.54 Å². The lowest BCUT2D eigenvalue weighted by molar-refractivity contribution is 0.284. The monoisotopic (exact) mass is 188 g/mol. The molecule has 1 heterocycles. The molecule has 0 spiro atoms. The summed E-state index contributed by atoms with van der Waals surface area (Å²) in [6, 6.07) is 0. The first-order chi connectivity index (χ1) is 5.88. The zero-order valence-corrected chi connectivity index (χ0v) is 8.78. The van der Waals surface area contributed by atoms with Gasteiger partial charge in [0.1, 0.15) is 0 Å². The summed E-state index contributed by atoms with van der Waals surface area (Å²) in [6.07, 6.45) is 4.01. The highest BCUT2D eigenvalue weighted by atomic mass is 32.2. The van der Waals surface area contributed by atoms with Gasteiger partial charge in [0.25, 0.3) is 0 Å². The minimum absolute atomic E-state index is 0.613. The minimum Gasteiger partial charge on any atom is -0.328 e. The second-order valence-electron chi connectivity index (χ2n) is 3.30. The zero-order chi connectivity index (χ0) is 8.81. The molecule has 2 nitrogen and oxygen atoms in total. The van der Waals surface area contributed by atoms with Crippen LogP contribution in [0.5, 0.6) is 0 Å². The van der Waals surface area contributed by atoms with Crippen LogP contribution in [-0.2, 0) is 0 Å². The first kappa shape index (κ1) is 10.4. The quantitative estimate of drug-likeness (QED) is 0.663. The van der Waals surface area contributed by atoms with Crippen LogP contribution in [0.1, 0.15) is 26.2 Å². The first-order valence-corrected chi connectivity index (χ1v) is 5.99. The van der Waals surface area contributed by atoms with Crippen molar-refractivity contribution in [3.8, 4) is 0 Å². The lowest BCUT2D eigenvalue weighted by atomic mass is 10.2. The molecular formula is C9H20N2S. The molecule has 1 aliphatic heterocycles. The third-order valence-corrected chi connectivity index (χ3v) is 3.64. The van der Waals surface area contributed by atoms with Crippen LogP contribution >= 0.6 is 11.8 Å². The van der Waals surface area contributed by atoms with E-state index in [1.54, 1.807) is 0 Å². The Labute approximate surface area is 79.9 Å². The molecule has 0 aliphatic carbocycles. The Bertz CT molecular complexity index is 119. The summed E-state index contributed by atoms with van der Waals surface area (Å²) in [4.78, 5) is 2.53. The molecule has 1 unspecified atom stereocenters. The molecule has 72 valence electrons. The van der Waals surface area contributed by atoms with Crippen molar-refractivity contribution in [2.75, 3.05) is 25.4 Å². The molecule has 0 aromatic carbocycles. The molecular weight excluding hydrogens is 168 g/mol. The lowest BCUT2D eigenvalue weighted by Gasteiger charge is -2.21. The molecule has 1 atom stereocenters. The third kappa shape index (κ3) is 2.96. The Balaban J connectivity index is 2.12. The van der Waals surface area contributed by atoms with Crippen LogP contribution in [0.15, 0.2) is 0 Å². The van der Waals surface area contributed by atoms with Gasteiger partial charge in [-0.15, -0.1) is 11.8 Å². The second-order valence-corrected chi connectivity index (χ2v) is 4.59. The Hall–Kier alpha value is 0.270. The predicted octanol–water partition coefficient (Wildman–Crippen LogP) is 1.51. The molecule has 0 amide bonds. The molecule has 0 saturated carbocycles. The van der Waals surface area contributed by atoms with Crippen molar-refractivity contribution in [1.29, 1.82) is 0 Å². The molecule has 0 aromatic heterocycles. The fourth-order valence-corrected chi connectivity index (χ4v) is 2.76. The highest BCUT2D eigenvalue weighted by molar-refractivity contribution is 8.00. The molecule has 12 heavy (non-hydrogen) atoms. The van der Waals surface area contributed by atoms with E-state index in [2.05, 4.69) is 11.8 Å². The maximum Gasteiger partial charge on any atom is 0.0682 e. The number of hydrogen-bond acceptors (Lipinski definition) is 3. The second kappa shape index (κ2) is 5.84. The number of hydrogen-bond donors (Lipinski definition) is 1. The van der Waals surface area contributed by atoms with Gasteiger partial charge in [-0.3, -0.25) is 4.90 Å². The Morgan fingerprint density at radius 3 is 3.00 bits per heavy atom. The summed E-state index contributed by atoms with van der Waals surface area (Å²) in [5.41, 5.74) is 5.67. The smallest absolute Gasteiger partial charge is 0.0682 e. The Kier molecular flexibility index (Phi) is 5.04. The van der Waals surface area contributed by atoms with E-state index >= 15 is 0 Å². The molecule has 3 heteroatoms. The number of rotatable bonds is 5. The van der Waals surface area contributed by atoms with Crippen molar-refractivity contribution in [2.24, 2.45) is 5.73 Å². The predicted molar refractivity (Wildman–Crippen MR) is 56.4 cm³/mol. The molecule has 0 aromatic rings. The first-order valence-electron chi connectivity index (χ1n) is 4.94. The summed E-state index contributed by atoms with van der Waals surface area (Å²) >= 11 is 2.01. The van der Waals surface area contributed by atoms with Gasteiger partial charge < -0.3 is 5.73 Å². The van der Waals surface area contributed by atoms with Crippen LogP contribution in [0.3, 0.4) is 0 Å². The highest BCUT2D eigenvalue weighted by Gasteiger charge is 2.22. The van der Waals surface area contributed by atoms with Crippen LogP contribution in [0, 0.1) is 0 Å². The van der Waals surface area contributed by atoms with Crippen molar-refractivity contribution >= 4 is 11.8 Å². The van der Waals surface area contributed by atoms with E-state index in [0.29, 0.717) is 5.37 Å². The molecule has 0 radical (unpaired) electrons. The van der Waals surface area contributed by atoms with Gasteiger partial charge in [0.15, 0.2) is 0 Å². The van der Waals surface area contributed by atoms with Crippen LogP contribution in [-0.4, -0.2) is 35.7 Å². The van der Waals surface area contributed by atoms with E-state index in [-0.39, 0.29) is 0 Å². The summed E-state index contributed by atoms with van der Waals surface area (Å²) in [6.45, 7) is 5.56. The minimum atomic E-state index is 0.613. The number of nitrogens with two attached hydrogens (primary N) is 1. The number of thioether (sulfide) groups is 1. The van der Waals surface area contributed by atoms with E-state index in [1.165, 1.54) is 38.1 Å². The van der Waals surface area contributed by atoms with E-state index in [9.17, 15) is 0 Å². The van der Waals surface area contributed by atoms with Crippen molar-refractivity contribution in [2.45, 2.75) is 31.6 Å². The van der Waals surface area contributed by atoms with Crippen molar-refractivity contribution in [1.82, 2.24) is 4.90 Å². The molecule has 1 rings (SSSR count). The summed E-state index contributed by atoms with van der Waals surface area (Å²) < 4.78 is 0. The average Bonchev–Trinajstić information content (AvgIpc) is 2.52. The Morgan fingerprint density at radius 1 is 1.50 bits per heavy atom. The van der Waals surface area contributed by atoms with Gasteiger partial charge in [-0.2, -0.15) is 0 Å². The van der Waals surface area contributed by atoms with E-state index in [4.69, 9.17) is 5.73 Å². The summed E-state index contributed by atoms with van der Waals surface area (Å²) in [5, 5.41) is 0.613. The Morgan fingerprint density at radius 2 is 2.33 bits per heavy atom. The van der Waals surface area contributed by atoms with E-state index < -0.39 is 0 Å². The van der Waals surface area contributed by atoms with Crippen LogP contribution < -0.4 is 5.73 Å². The lowest BCUT2D eigenvalue weighted by Crippen LogP contribution is -2.34. The van der Waals surface area contributed by atoms with E-state index in [1.807, 2.05) is 11.8 Å². The fourth-order valence-electron chi connectivity index (χ4n) is 1.59. The highest BCUT2D eigenvalue weighted by Crippen LogP contribution is 2.22. The van der Waals surface area contributed by atoms with Gasteiger partial charge in [0, 0.05) is 18.8 Å². The van der Waals surface area contributed by atoms with Gasteiger partial charge >= 0.3 is 0 Å². The van der Waals surface area contributed by atoms with Gasteiger partial charge in [-0.05, 0) is 13.0 Å². The number of unbranched alkanes of at least 4 members (excludes halogenated alkanes) is 2. The standard InChI is InChI=1S/C9H20N2S/c1-2-3-4-5-11-6-7-12-9(11)8-10/h9H,2-8,10H2,1H3. The number of nitrogens with zero attached hydrogens (tertiary/aromatic N) is 1. The average molecular weight is 188 g/mol.